The molecule has 2 aromatic carbocycles. The first kappa shape index (κ1) is 20.8. The highest BCUT2D eigenvalue weighted by Crippen LogP contribution is 2.39. The molecule has 2 aromatic rings. The number of benzene rings is 2. The van der Waals surface area contributed by atoms with Gasteiger partial charge in [0.25, 0.3) is 5.91 Å². The monoisotopic (exact) mass is 437 g/mol. The fourth-order valence-electron chi connectivity index (χ4n) is 4.03. The highest BCUT2D eigenvalue weighted by Gasteiger charge is 2.30. The van der Waals surface area contributed by atoms with Gasteiger partial charge in [0, 0.05) is 22.8 Å². The number of nitrogens with zero attached hydrogens (tertiary/aromatic N) is 2. The standard InChI is InChI=1S/C24H24ClN3OS/c1-5-28-20-11-6-16(12-19(20)15(2)14-24(28,3)4)13-21-22(29)27-23(30-21)26-18-9-7-17(25)8-10-18/h6-14H,5H2,1-4H3,(H,26,27,29)/b21-13+. The minimum atomic E-state index is -0.131. The molecule has 0 unspecified atom stereocenters. The lowest BCUT2D eigenvalue weighted by molar-refractivity contribution is -0.115. The molecule has 6 heteroatoms. The Hall–Kier alpha value is -2.50. The molecule has 154 valence electrons. The van der Waals surface area contributed by atoms with Crippen molar-refractivity contribution >= 4 is 57.5 Å². The van der Waals surface area contributed by atoms with Crippen molar-refractivity contribution in [2.24, 2.45) is 4.99 Å². The minimum absolute atomic E-state index is 0.0139. The number of likely N-dealkylation sites (N-methyl/N-ethyl adjacent to an activating group) is 1. The summed E-state index contributed by atoms with van der Waals surface area (Å²) in [6.07, 6.45) is 4.23. The number of carbonyl (C=O) groups excluding carboxylic acids is 1. The molecule has 2 aliphatic rings. The lowest BCUT2D eigenvalue weighted by Crippen LogP contribution is -2.44. The van der Waals surface area contributed by atoms with Gasteiger partial charge in [-0.3, -0.25) is 4.79 Å². The smallest absolute Gasteiger partial charge is 0.264 e. The normalized spacial score (nSPS) is 20.4. The molecule has 2 aliphatic heterocycles. The Morgan fingerprint density at radius 2 is 1.93 bits per heavy atom. The van der Waals surface area contributed by atoms with Crippen molar-refractivity contribution in [2.45, 2.75) is 33.2 Å². The molecule has 2 heterocycles. The molecule has 4 rings (SSSR count). The number of allylic oxidation sites excluding steroid dienone is 1. The average molecular weight is 438 g/mol. The van der Waals surface area contributed by atoms with E-state index in [1.165, 1.54) is 28.6 Å². The number of hydrogen-bond acceptors (Lipinski definition) is 4. The van der Waals surface area contributed by atoms with E-state index in [1.807, 2.05) is 18.2 Å². The summed E-state index contributed by atoms with van der Waals surface area (Å²) in [6.45, 7) is 9.74. The van der Waals surface area contributed by atoms with E-state index in [0.717, 1.165) is 17.8 Å². The Kier molecular flexibility index (Phi) is 5.51. The molecule has 0 saturated carbocycles. The number of anilines is 1. The van der Waals surface area contributed by atoms with Gasteiger partial charge in [-0.1, -0.05) is 23.7 Å². The quantitative estimate of drug-likeness (QED) is 0.577. The van der Waals surface area contributed by atoms with E-state index in [2.05, 4.69) is 67.2 Å². The fourth-order valence-corrected chi connectivity index (χ4v) is 5.00. The lowest BCUT2D eigenvalue weighted by atomic mass is 9.88. The van der Waals surface area contributed by atoms with Crippen LogP contribution < -0.4 is 10.2 Å². The number of carbonyl (C=O) groups is 1. The molecule has 4 nitrogen and oxygen atoms in total. The molecule has 30 heavy (non-hydrogen) atoms. The zero-order valence-corrected chi connectivity index (χ0v) is 19.1. The lowest BCUT2D eigenvalue weighted by Gasteiger charge is -2.42. The van der Waals surface area contributed by atoms with Gasteiger partial charge in [-0.15, -0.1) is 0 Å². The van der Waals surface area contributed by atoms with Gasteiger partial charge < -0.3 is 10.2 Å². The second-order valence-corrected chi connectivity index (χ2v) is 9.43. The predicted octanol–water partition coefficient (Wildman–Crippen LogP) is 6.25. The van der Waals surface area contributed by atoms with Gasteiger partial charge in [-0.05, 0) is 93.1 Å². The first-order valence-corrected chi connectivity index (χ1v) is 11.1. The van der Waals surface area contributed by atoms with E-state index >= 15 is 0 Å². The van der Waals surface area contributed by atoms with Gasteiger partial charge in [0.15, 0.2) is 5.17 Å². The summed E-state index contributed by atoms with van der Waals surface area (Å²) in [5.41, 5.74) is 5.44. The fraction of sp³-hybridized carbons (Fsp3) is 0.250. The summed E-state index contributed by atoms with van der Waals surface area (Å²) in [5.74, 6) is -0.131. The second kappa shape index (κ2) is 7.97. The van der Waals surface area contributed by atoms with Crippen LogP contribution in [0.4, 0.5) is 11.4 Å². The van der Waals surface area contributed by atoms with Crippen LogP contribution in [0.3, 0.4) is 0 Å². The molecule has 1 fully saturated rings. The van der Waals surface area contributed by atoms with E-state index in [0.29, 0.717) is 15.1 Å². The molecular weight excluding hydrogens is 414 g/mol. The van der Waals surface area contributed by atoms with Crippen molar-refractivity contribution in [3.63, 3.8) is 0 Å². The summed E-state index contributed by atoms with van der Waals surface area (Å²) in [6, 6.07) is 13.6. The summed E-state index contributed by atoms with van der Waals surface area (Å²) in [5, 5.41) is 4.07. The van der Waals surface area contributed by atoms with Crippen LogP contribution >= 0.6 is 23.4 Å². The first-order valence-electron chi connectivity index (χ1n) is 9.93. The third kappa shape index (κ3) is 4.05. The van der Waals surface area contributed by atoms with Gasteiger partial charge in [0.1, 0.15) is 0 Å². The van der Waals surface area contributed by atoms with Crippen LogP contribution in [-0.2, 0) is 4.79 Å². The molecule has 1 amide bonds. The maximum absolute atomic E-state index is 12.4. The molecule has 0 aromatic heterocycles. The summed E-state index contributed by atoms with van der Waals surface area (Å²) >= 11 is 7.27. The van der Waals surface area contributed by atoms with Crippen molar-refractivity contribution in [2.75, 3.05) is 11.4 Å². The van der Waals surface area contributed by atoms with Crippen molar-refractivity contribution in [3.8, 4) is 0 Å². The molecule has 0 spiro atoms. The van der Waals surface area contributed by atoms with E-state index in [9.17, 15) is 4.79 Å². The van der Waals surface area contributed by atoms with Gasteiger partial charge in [-0.25, -0.2) is 4.99 Å². The molecule has 0 aliphatic carbocycles. The highest BCUT2D eigenvalue weighted by atomic mass is 35.5. The van der Waals surface area contributed by atoms with E-state index in [1.54, 1.807) is 12.1 Å². The van der Waals surface area contributed by atoms with Crippen LogP contribution in [0, 0.1) is 0 Å². The molecule has 1 N–H and O–H groups in total. The highest BCUT2D eigenvalue weighted by molar-refractivity contribution is 8.18. The molecule has 1 saturated heterocycles. The van der Waals surface area contributed by atoms with E-state index in [-0.39, 0.29) is 11.4 Å². The predicted molar refractivity (Wildman–Crippen MR) is 129 cm³/mol. The van der Waals surface area contributed by atoms with Crippen LogP contribution in [0.5, 0.6) is 0 Å². The van der Waals surface area contributed by atoms with Crippen molar-refractivity contribution in [1.82, 2.24) is 5.32 Å². The number of hydrogen-bond donors (Lipinski definition) is 1. The van der Waals surface area contributed by atoms with Crippen LogP contribution in [-0.4, -0.2) is 23.2 Å². The number of fused-ring (bicyclic) bond motifs is 1. The van der Waals surface area contributed by atoms with Crippen molar-refractivity contribution in [1.29, 1.82) is 0 Å². The van der Waals surface area contributed by atoms with Gasteiger partial charge in [-0.2, -0.15) is 0 Å². The van der Waals surface area contributed by atoms with Crippen LogP contribution in [0.2, 0.25) is 5.02 Å². The van der Waals surface area contributed by atoms with Crippen LogP contribution in [0.25, 0.3) is 11.6 Å². The summed E-state index contributed by atoms with van der Waals surface area (Å²) in [7, 11) is 0. The molecule has 0 radical (unpaired) electrons. The van der Waals surface area contributed by atoms with Gasteiger partial charge in [0.2, 0.25) is 0 Å². The minimum Gasteiger partial charge on any atom is -0.363 e. The second-order valence-electron chi connectivity index (χ2n) is 7.96. The SMILES string of the molecule is CCN1c2ccc(/C=C3/SC(=Nc4ccc(Cl)cc4)NC3=O)cc2C(C)=CC1(C)C. The number of amides is 1. The zero-order chi connectivity index (χ0) is 21.5. The maximum atomic E-state index is 12.4. The Labute approximate surface area is 186 Å². The zero-order valence-electron chi connectivity index (χ0n) is 17.5. The van der Waals surface area contributed by atoms with Crippen LogP contribution in [0.1, 0.15) is 38.8 Å². The van der Waals surface area contributed by atoms with E-state index in [4.69, 9.17) is 11.6 Å². The average Bonchev–Trinajstić information content (AvgIpc) is 3.02. The third-order valence-electron chi connectivity index (χ3n) is 5.32. The molecular formula is C24H24ClN3OS. The number of rotatable bonds is 3. The number of nitrogens with one attached hydrogen (secondary N) is 1. The third-order valence-corrected chi connectivity index (χ3v) is 6.49. The first-order chi connectivity index (χ1) is 14.3. The van der Waals surface area contributed by atoms with Crippen LogP contribution in [0.15, 0.2) is 58.4 Å². The van der Waals surface area contributed by atoms with Crippen molar-refractivity contribution in [3.05, 3.63) is 69.6 Å². The topological polar surface area (TPSA) is 44.7 Å². The maximum Gasteiger partial charge on any atom is 0.264 e. The van der Waals surface area contributed by atoms with Crippen molar-refractivity contribution < 1.29 is 4.79 Å². The number of amidine groups is 1. The molecule has 0 atom stereocenters. The Morgan fingerprint density at radius 1 is 1.20 bits per heavy atom. The van der Waals surface area contributed by atoms with Gasteiger partial charge in [0.05, 0.1) is 16.1 Å². The Balaban J connectivity index is 1.62. The number of aliphatic imine (C=N–C) groups is 1. The Morgan fingerprint density at radius 3 is 2.63 bits per heavy atom. The van der Waals surface area contributed by atoms with Gasteiger partial charge >= 0.3 is 0 Å². The summed E-state index contributed by atoms with van der Waals surface area (Å²) in [4.78, 5) is 20.0. The summed E-state index contributed by atoms with van der Waals surface area (Å²) < 4.78 is 0. The van der Waals surface area contributed by atoms with E-state index < -0.39 is 0 Å². The molecule has 0 bridgehead atoms. The number of thioether (sulfide) groups is 1. The number of halogens is 1. The largest absolute Gasteiger partial charge is 0.363 e. The Bertz CT molecular complexity index is 1100.